The van der Waals surface area contributed by atoms with Gasteiger partial charge in [-0.25, -0.2) is 4.79 Å². The predicted molar refractivity (Wildman–Crippen MR) is 81.4 cm³/mol. The topological polar surface area (TPSA) is 76.7 Å². The minimum absolute atomic E-state index is 0.0894. The second-order valence-electron chi connectivity index (χ2n) is 4.50. The van der Waals surface area contributed by atoms with Crippen LogP contribution in [0.3, 0.4) is 0 Å². The van der Waals surface area contributed by atoms with E-state index in [1.807, 2.05) is 30.3 Å². The molecule has 0 aliphatic carbocycles. The summed E-state index contributed by atoms with van der Waals surface area (Å²) in [6.07, 6.45) is 3.80. The number of ether oxygens (including phenoxy) is 1. The Hall–Kier alpha value is -2.82. The van der Waals surface area contributed by atoms with E-state index < -0.39 is 5.97 Å². The summed E-state index contributed by atoms with van der Waals surface area (Å²) in [5, 5.41) is 8.83. The molecule has 1 N–H and O–H groups in total. The molecule has 0 aliphatic rings. The summed E-state index contributed by atoms with van der Waals surface area (Å²) in [6.45, 7) is 2.15. The number of esters is 1. The van der Waals surface area contributed by atoms with Crippen LogP contribution in [-0.4, -0.2) is 23.7 Å². The quantitative estimate of drug-likeness (QED) is 0.825. The number of hydrogen-bond acceptors (Lipinski definition) is 4. The Morgan fingerprint density at radius 1 is 1.18 bits per heavy atom. The predicted octanol–water partition coefficient (Wildman–Crippen LogP) is 3.61. The van der Waals surface area contributed by atoms with E-state index in [0.717, 1.165) is 11.1 Å². The second-order valence-corrected chi connectivity index (χ2v) is 4.50. The molecule has 0 aliphatic heterocycles. The molecule has 114 valence electrons. The molecule has 0 saturated carbocycles. The normalized spacial score (nSPS) is 10.8. The highest BCUT2D eigenvalue weighted by atomic mass is 16.5. The summed E-state index contributed by atoms with van der Waals surface area (Å²) in [5.74, 6) is -0.940. The van der Waals surface area contributed by atoms with Crippen LogP contribution in [0.25, 0.3) is 17.4 Å². The minimum atomic E-state index is -1.09. The maximum atomic E-state index is 11.2. The Morgan fingerprint density at radius 3 is 2.50 bits per heavy atom. The molecular formula is C17H16O5. The highest BCUT2D eigenvalue weighted by Gasteiger charge is 2.09. The monoisotopic (exact) mass is 300 g/mol. The van der Waals surface area contributed by atoms with Crippen LogP contribution in [-0.2, 0) is 9.53 Å². The smallest absolute Gasteiger partial charge is 0.371 e. The Balaban J connectivity index is 2.02. The highest BCUT2D eigenvalue weighted by molar-refractivity contribution is 5.85. The molecule has 0 saturated heterocycles. The zero-order valence-electron chi connectivity index (χ0n) is 12.1. The molecule has 1 aromatic heterocycles. The van der Waals surface area contributed by atoms with E-state index in [4.69, 9.17) is 14.3 Å². The van der Waals surface area contributed by atoms with Gasteiger partial charge in [-0.2, -0.15) is 0 Å². The average molecular weight is 300 g/mol. The molecular weight excluding hydrogens is 284 g/mol. The molecule has 0 unspecified atom stereocenters. The number of hydrogen-bond donors (Lipinski definition) is 1. The number of benzene rings is 1. The largest absolute Gasteiger partial charge is 0.475 e. The van der Waals surface area contributed by atoms with Crippen molar-refractivity contribution in [3.8, 4) is 11.3 Å². The number of rotatable bonds is 6. The van der Waals surface area contributed by atoms with Crippen LogP contribution in [0.2, 0.25) is 0 Å². The van der Waals surface area contributed by atoms with Crippen molar-refractivity contribution in [2.24, 2.45) is 0 Å². The molecule has 22 heavy (non-hydrogen) atoms. The number of furan rings is 1. The molecule has 0 fully saturated rings. The summed E-state index contributed by atoms with van der Waals surface area (Å²) >= 11 is 0. The van der Waals surface area contributed by atoms with Crippen molar-refractivity contribution in [3.05, 3.63) is 53.8 Å². The molecule has 2 rings (SSSR count). The van der Waals surface area contributed by atoms with Crippen molar-refractivity contribution < 1.29 is 23.8 Å². The van der Waals surface area contributed by atoms with Gasteiger partial charge in [0, 0.05) is 5.56 Å². The highest BCUT2D eigenvalue weighted by Crippen LogP contribution is 2.23. The van der Waals surface area contributed by atoms with Crippen molar-refractivity contribution >= 4 is 18.0 Å². The summed E-state index contributed by atoms with van der Waals surface area (Å²) in [5.41, 5.74) is 1.72. The zero-order chi connectivity index (χ0) is 15.9. The number of carboxylic acids is 1. The lowest BCUT2D eigenvalue weighted by atomic mass is 10.1. The third-order valence-electron chi connectivity index (χ3n) is 2.91. The van der Waals surface area contributed by atoms with E-state index in [1.165, 1.54) is 6.07 Å². The third kappa shape index (κ3) is 4.09. The van der Waals surface area contributed by atoms with Crippen molar-refractivity contribution in [2.45, 2.75) is 13.3 Å². The van der Waals surface area contributed by atoms with E-state index in [9.17, 15) is 9.59 Å². The van der Waals surface area contributed by atoms with Gasteiger partial charge in [0.05, 0.1) is 13.0 Å². The molecule has 1 heterocycles. The number of carbonyl (C=O) groups excluding carboxylic acids is 1. The van der Waals surface area contributed by atoms with Gasteiger partial charge in [0.25, 0.3) is 0 Å². The average Bonchev–Trinajstić information content (AvgIpc) is 2.98. The SMILES string of the molecule is CCOC(=O)CC=Cc1ccc(-c2ccc(C(=O)O)o2)cc1. The van der Waals surface area contributed by atoms with Crippen molar-refractivity contribution in [2.75, 3.05) is 6.61 Å². The van der Waals surface area contributed by atoms with E-state index in [-0.39, 0.29) is 18.2 Å². The fraction of sp³-hybridized carbons (Fsp3) is 0.176. The van der Waals surface area contributed by atoms with Gasteiger partial charge < -0.3 is 14.3 Å². The van der Waals surface area contributed by atoms with Crippen LogP contribution < -0.4 is 0 Å². The molecule has 1 aromatic carbocycles. The Kier molecular flexibility index (Phi) is 5.14. The van der Waals surface area contributed by atoms with Gasteiger partial charge in [-0.1, -0.05) is 36.4 Å². The molecule has 0 amide bonds. The van der Waals surface area contributed by atoms with Gasteiger partial charge in [0.1, 0.15) is 5.76 Å². The fourth-order valence-electron chi connectivity index (χ4n) is 1.88. The van der Waals surface area contributed by atoms with Crippen molar-refractivity contribution in [3.63, 3.8) is 0 Å². The molecule has 0 atom stereocenters. The summed E-state index contributed by atoms with van der Waals surface area (Å²) in [7, 11) is 0. The number of carbonyl (C=O) groups is 2. The zero-order valence-corrected chi connectivity index (χ0v) is 12.1. The maximum absolute atomic E-state index is 11.2. The standard InChI is InChI=1S/C17H16O5/c1-2-21-16(18)5-3-4-12-6-8-13(9-7-12)14-10-11-15(22-14)17(19)20/h3-4,6-11H,2,5H2,1H3,(H,19,20). The second kappa shape index (κ2) is 7.26. The molecule has 5 heteroatoms. The molecule has 0 bridgehead atoms. The van der Waals surface area contributed by atoms with Crippen molar-refractivity contribution in [1.82, 2.24) is 0 Å². The van der Waals surface area contributed by atoms with Crippen LogP contribution in [0, 0.1) is 0 Å². The first-order valence-corrected chi connectivity index (χ1v) is 6.86. The van der Waals surface area contributed by atoms with Crippen molar-refractivity contribution in [1.29, 1.82) is 0 Å². The maximum Gasteiger partial charge on any atom is 0.371 e. The molecule has 0 radical (unpaired) electrons. The van der Waals surface area contributed by atoms with Gasteiger partial charge in [-0.15, -0.1) is 0 Å². The van der Waals surface area contributed by atoms with Gasteiger partial charge in [-0.05, 0) is 24.6 Å². The fourth-order valence-corrected chi connectivity index (χ4v) is 1.88. The number of carboxylic acid groups (broad SMARTS) is 1. The van der Waals surface area contributed by atoms with Gasteiger partial charge in [0.2, 0.25) is 5.76 Å². The van der Waals surface area contributed by atoms with E-state index in [2.05, 4.69) is 0 Å². The van der Waals surface area contributed by atoms with Crippen LogP contribution in [0.5, 0.6) is 0 Å². The summed E-state index contributed by atoms with van der Waals surface area (Å²) in [4.78, 5) is 22.0. The molecule has 5 nitrogen and oxygen atoms in total. The first-order chi connectivity index (χ1) is 10.6. The van der Waals surface area contributed by atoms with Crippen LogP contribution in [0.4, 0.5) is 0 Å². The lowest BCUT2D eigenvalue weighted by molar-refractivity contribution is -0.142. The Morgan fingerprint density at radius 2 is 1.91 bits per heavy atom. The minimum Gasteiger partial charge on any atom is -0.475 e. The van der Waals surface area contributed by atoms with E-state index in [0.29, 0.717) is 12.4 Å². The van der Waals surface area contributed by atoms with E-state index in [1.54, 1.807) is 19.1 Å². The van der Waals surface area contributed by atoms with Gasteiger partial charge in [-0.3, -0.25) is 4.79 Å². The first-order valence-electron chi connectivity index (χ1n) is 6.86. The molecule has 2 aromatic rings. The van der Waals surface area contributed by atoms with Gasteiger partial charge >= 0.3 is 11.9 Å². The first kappa shape index (κ1) is 15.6. The lowest BCUT2D eigenvalue weighted by Gasteiger charge is -1.99. The van der Waals surface area contributed by atoms with Gasteiger partial charge in [0.15, 0.2) is 0 Å². The van der Waals surface area contributed by atoms with Crippen LogP contribution in [0.15, 0.2) is 46.9 Å². The van der Waals surface area contributed by atoms with Crippen LogP contribution >= 0.6 is 0 Å². The van der Waals surface area contributed by atoms with Crippen LogP contribution in [0.1, 0.15) is 29.5 Å². The summed E-state index contributed by atoms with van der Waals surface area (Å²) < 4.78 is 10.1. The summed E-state index contributed by atoms with van der Waals surface area (Å²) in [6, 6.07) is 10.4. The third-order valence-corrected chi connectivity index (χ3v) is 2.91. The molecule has 0 spiro atoms. The Bertz CT molecular complexity index is 679. The Labute approximate surface area is 127 Å². The lowest BCUT2D eigenvalue weighted by Crippen LogP contribution is -2.01. The van der Waals surface area contributed by atoms with E-state index >= 15 is 0 Å². The number of aromatic carboxylic acids is 1.